The van der Waals surface area contributed by atoms with Gasteiger partial charge in [-0.3, -0.25) is 4.79 Å². The van der Waals surface area contributed by atoms with E-state index in [2.05, 4.69) is 11.4 Å². The first kappa shape index (κ1) is 12.3. The van der Waals surface area contributed by atoms with Gasteiger partial charge in [0.15, 0.2) is 5.78 Å². The second-order valence-corrected chi connectivity index (χ2v) is 4.43. The molecule has 0 amide bonds. The zero-order chi connectivity index (χ0) is 12.1. The molecule has 2 rings (SSSR count). The Morgan fingerprint density at radius 3 is 2.76 bits per heavy atom. The number of carbonyl (C=O) groups is 1. The molecule has 1 aromatic carbocycles. The largest absolute Gasteiger partial charge is 0.381 e. The molecule has 3 nitrogen and oxygen atoms in total. The molecule has 0 aliphatic carbocycles. The van der Waals surface area contributed by atoms with Gasteiger partial charge >= 0.3 is 0 Å². The van der Waals surface area contributed by atoms with Crippen molar-refractivity contribution in [3.8, 4) is 0 Å². The minimum absolute atomic E-state index is 0.176. The Hall–Kier alpha value is -1.19. The summed E-state index contributed by atoms with van der Waals surface area (Å²) in [7, 11) is 1.80. The fourth-order valence-corrected chi connectivity index (χ4v) is 2.37. The lowest BCUT2D eigenvalue weighted by molar-refractivity contribution is 0.0844. The van der Waals surface area contributed by atoms with E-state index < -0.39 is 0 Å². The predicted molar refractivity (Wildman–Crippen MR) is 67.5 cm³/mol. The predicted octanol–water partition coefficient (Wildman–Crippen LogP) is 1.98. The standard InChI is InChI=1S/C14H19NO2/c1-15-10-14(16)13-5-3-2-4-12(13)11-6-8-17-9-7-11/h2-5,11,15H,6-10H2,1H3. The zero-order valence-electron chi connectivity index (χ0n) is 10.2. The third kappa shape index (κ3) is 2.93. The average Bonchev–Trinajstić information content (AvgIpc) is 2.40. The van der Waals surface area contributed by atoms with Crippen LogP contribution in [0, 0.1) is 0 Å². The maximum absolute atomic E-state index is 12.0. The van der Waals surface area contributed by atoms with Crippen LogP contribution in [-0.4, -0.2) is 32.6 Å². The van der Waals surface area contributed by atoms with Crippen molar-refractivity contribution >= 4 is 5.78 Å². The number of benzene rings is 1. The smallest absolute Gasteiger partial charge is 0.176 e. The molecule has 0 unspecified atom stereocenters. The number of carbonyl (C=O) groups excluding carboxylic acids is 1. The molecular formula is C14H19NO2. The van der Waals surface area contributed by atoms with E-state index in [1.54, 1.807) is 7.05 Å². The quantitative estimate of drug-likeness (QED) is 0.808. The van der Waals surface area contributed by atoms with Crippen molar-refractivity contribution in [2.45, 2.75) is 18.8 Å². The van der Waals surface area contributed by atoms with E-state index >= 15 is 0 Å². The highest BCUT2D eigenvalue weighted by atomic mass is 16.5. The summed E-state index contributed by atoms with van der Waals surface area (Å²) in [5, 5.41) is 2.92. The molecule has 0 atom stereocenters. The lowest BCUT2D eigenvalue weighted by atomic mass is 9.87. The number of Topliss-reactive ketones (excluding diaryl/α,β-unsaturated/α-hetero) is 1. The summed E-state index contributed by atoms with van der Waals surface area (Å²) in [6, 6.07) is 7.97. The highest BCUT2D eigenvalue weighted by Crippen LogP contribution is 2.29. The minimum atomic E-state index is 0.176. The summed E-state index contributed by atoms with van der Waals surface area (Å²) in [6.45, 7) is 2.01. The van der Waals surface area contributed by atoms with Crippen LogP contribution >= 0.6 is 0 Å². The first-order valence-electron chi connectivity index (χ1n) is 6.17. The van der Waals surface area contributed by atoms with Crippen molar-refractivity contribution in [2.24, 2.45) is 0 Å². The number of likely N-dealkylation sites (N-methyl/N-ethyl adjacent to an activating group) is 1. The van der Waals surface area contributed by atoms with E-state index in [1.165, 1.54) is 5.56 Å². The molecule has 1 heterocycles. The third-order valence-electron chi connectivity index (χ3n) is 3.26. The number of hydrogen-bond acceptors (Lipinski definition) is 3. The van der Waals surface area contributed by atoms with Crippen LogP contribution in [0.25, 0.3) is 0 Å². The highest BCUT2D eigenvalue weighted by Gasteiger charge is 2.20. The number of nitrogens with one attached hydrogen (secondary N) is 1. The number of rotatable bonds is 4. The first-order chi connectivity index (χ1) is 8.33. The van der Waals surface area contributed by atoms with E-state index in [0.29, 0.717) is 12.5 Å². The van der Waals surface area contributed by atoms with Gasteiger partial charge in [-0.2, -0.15) is 0 Å². The molecule has 1 aliphatic heterocycles. The highest BCUT2D eigenvalue weighted by molar-refractivity contribution is 5.99. The fraction of sp³-hybridized carbons (Fsp3) is 0.500. The third-order valence-corrected chi connectivity index (χ3v) is 3.26. The van der Waals surface area contributed by atoms with Gasteiger partial charge < -0.3 is 10.1 Å². The average molecular weight is 233 g/mol. The van der Waals surface area contributed by atoms with Gasteiger partial charge in [0.05, 0.1) is 6.54 Å². The lowest BCUT2D eigenvalue weighted by Crippen LogP contribution is -2.22. The summed E-state index contributed by atoms with van der Waals surface area (Å²) in [6.07, 6.45) is 2.04. The molecule has 3 heteroatoms. The first-order valence-corrected chi connectivity index (χ1v) is 6.17. The van der Waals surface area contributed by atoms with Crippen LogP contribution in [0.3, 0.4) is 0 Å². The topological polar surface area (TPSA) is 38.3 Å². The molecule has 92 valence electrons. The van der Waals surface area contributed by atoms with Crippen LogP contribution in [0.15, 0.2) is 24.3 Å². The van der Waals surface area contributed by atoms with Crippen molar-refractivity contribution in [3.63, 3.8) is 0 Å². The summed E-state index contributed by atoms with van der Waals surface area (Å²) in [5.74, 6) is 0.648. The van der Waals surface area contributed by atoms with Gasteiger partial charge in [-0.05, 0) is 31.4 Å². The molecule has 0 saturated carbocycles. The van der Waals surface area contributed by atoms with Crippen molar-refractivity contribution < 1.29 is 9.53 Å². The fourth-order valence-electron chi connectivity index (χ4n) is 2.37. The van der Waals surface area contributed by atoms with E-state index in [-0.39, 0.29) is 5.78 Å². The minimum Gasteiger partial charge on any atom is -0.381 e. The molecule has 0 aromatic heterocycles. The monoisotopic (exact) mass is 233 g/mol. The van der Waals surface area contributed by atoms with Crippen LogP contribution in [0.1, 0.15) is 34.7 Å². The second-order valence-electron chi connectivity index (χ2n) is 4.43. The Morgan fingerprint density at radius 1 is 1.35 bits per heavy atom. The Bertz CT molecular complexity index is 384. The van der Waals surface area contributed by atoms with Crippen LogP contribution in [-0.2, 0) is 4.74 Å². The van der Waals surface area contributed by atoms with Crippen molar-refractivity contribution in [2.75, 3.05) is 26.8 Å². The zero-order valence-corrected chi connectivity index (χ0v) is 10.2. The van der Waals surface area contributed by atoms with Crippen molar-refractivity contribution in [1.29, 1.82) is 0 Å². The van der Waals surface area contributed by atoms with Crippen LogP contribution < -0.4 is 5.32 Å². The van der Waals surface area contributed by atoms with E-state index in [4.69, 9.17) is 4.74 Å². The van der Waals surface area contributed by atoms with Gasteiger partial charge in [0, 0.05) is 18.8 Å². The lowest BCUT2D eigenvalue weighted by Gasteiger charge is -2.24. The van der Waals surface area contributed by atoms with Gasteiger partial charge in [-0.25, -0.2) is 0 Å². The molecule has 1 N–H and O–H groups in total. The van der Waals surface area contributed by atoms with Gasteiger partial charge in [-0.15, -0.1) is 0 Å². The Morgan fingerprint density at radius 2 is 2.06 bits per heavy atom. The van der Waals surface area contributed by atoms with Crippen molar-refractivity contribution in [1.82, 2.24) is 5.32 Å². The molecule has 0 spiro atoms. The summed E-state index contributed by atoms with van der Waals surface area (Å²) >= 11 is 0. The maximum Gasteiger partial charge on any atom is 0.176 e. The molecule has 0 radical (unpaired) electrons. The van der Waals surface area contributed by atoms with Crippen molar-refractivity contribution in [3.05, 3.63) is 35.4 Å². The summed E-state index contributed by atoms with van der Waals surface area (Å²) in [5.41, 5.74) is 2.06. The molecule has 1 saturated heterocycles. The molecule has 0 bridgehead atoms. The van der Waals surface area contributed by atoms with E-state index in [1.807, 2.05) is 18.2 Å². The molecular weight excluding hydrogens is 214 g/mol. The van der Waals surface area contributed by atoms with Gasteiger partial charge in [0.25, 0.3) is 0 Å². The molecule has 17 heavy (non-hydrogen) atoms. The number of ether oxygens (including phenoxy) is 1. The summed E-state index contributed by atoms with van der Waals surface area (Å²) < 4.78 is 5.37. The number of ketones is 1. The second kappa shape index (κ2) is 5.94. The Labute approximate surface area is 102 Å². The molecule has 1 aliphatic rings. The summed E-state index contributed by atoms with van der Waals surface area (Å²) in [4.78, 5) is 12.0. The molecule has 1 fully saturated rings. The Kier molecular flexibility index (Phi) is 4.29. The Balaban J connectivity index is 2.23. The van der Waals surface area contributed by atoms with Crippen LogP contribution in [0.5, 0.6) is 0 Å². The van der Waals surface area contributed by atoms with Crippen LogP contribution in [0.4, 0.5) is 0 Å². The SMILES string of the molecule is CNCC(=O)c1ccccc1C1CCOCC1. The van der Waals surface area contributed by atoms with Gasteiger partial charge in [0.1, 0.15) is 0 Å². The number of hydrogen-bond donors (Lipinski definition) is 1. The van der Waals surface area contributed by atoms with E-state index in [0.717, 1.165) is 31.6 Å². The van der Waals surface area contributed by atoms with Crippen LogP contribution in [0.2, 0.25) is 0 Å². The van der Waals surface area contributed by atoms with Gasteiger partial charge in [0.2, 0.25) is 0 Å². The maximum atomic E-state index is 12.0. The van der Waals surface area contributed by atoms with Gasteiger partial charge in [-0.1, -0.05) is 24.3 Å². The van der Waals surface area contributed by atoms with E-state index in [9.17, 15) is 4.79 Å². The normalized spacial score (nSPS) is 17.0. The molecule has 1 aromatic rings.